The molecule has 2 heterocycles. The molecular weight excluding hydrogens is 639 g/mol. The third-order valence-electron chi connectivity index (χ3n) is 19.1. The lowest BCUT2D eigenvalue weighted by Gasteiger charge is -2.52. The molecule has 0 amide bonds. The van der Waals surface area contributed by atoms with Gasteiger partial charge < -0.3 is 4.74 Å². The minimum Gasteiger partial charge on any atom is -0.374 e. The molecule has 0 N–H and O–H groups in total. The van der Waals surface area contributed by atoms with Gasteiger partial charge in [0, 0.05) is 34.5 Å². The minimum atomic E-state index is 0.627. The molecule has 0 aromatic heterocycles. The van der Waals surface area contributed by atoms with E-state index in [2.05, 4.69) is 16.7 Å². The Bertz CT molecular complexity index is 1110. The predicted molar refractivity (Wildman–Crippen MR) is 215 cm³/mol. The second kappa shape index (κ2) is 16.0. The summed E-state index contributed by atoms with van der Waals surface area (Å²) in [6, 6.07) is 2.70. The van der Waals surface area contributed by atoms with E-state index in [0.717, 1.165) is 87.8 Å². The van der Waals surface area contributed by atoms with Crippen molar-refractivity contribution in [2.75, 3.05) is 0 Å². The lowest BCUT2D eigenvalue weighted by Crippen LogP contribution is -2.54. The Morgan fingerprint density at radius 2 is 0.882 bits per heavy atom. The maximum absolute atomic E-state index is 7.57. The fourth-order valence-electron chi connectivity index (χ4n) is 16.8. The Balaban J connectivity index is 0.817. The number of hydrogen-bond acceptors (Lipinski definition) is 3. The van der Waals surface area contributed by atoms with Crippen LogP contribution in [0, 0.1) is 59.2 Å². The lowest BCUT2D eigenvalue weighted by atomic mass is 9.62. The molecule has 8 saturated carbocycles. The van der Waals surface area contributed by atoms with Gasteiger partial charge in [0.15, 0.2) is 0 Å². The third-order valence-corrected chi connectivity index (χ3v) is 20.9. The maximum atomic E-state index is 7.57. The Morgan fingerprint density at radius 3 is 1.63 bits per heavy atom. The van der Waals surface area contributed by atoms with Crippen LogP contribution in [0.5, 0.6) is 0 Å². The Morgan fingerprint density at radius 1 is 0.333 bits per heavy atom. The van der Waals surface area contributed by atoms with Crippen LogP contribution < -0.4 is 0 Å². The van der Waals surface area contributed by atoms with E-state index in [1.54, 1.807) is 51.4 Å². The number of ether oxygens (including phenoxy) is 1. The fourth-order valence-corrected chi connectivity index (χ4v) is 18.9. The van der Waals surface area contributed by atoms with Gasteiger partial charge in [-0.05, 0) is 156 Å². The molecule has 2 aliphatic heterocycles. The van der Waals surface area contributed by atoms with Crippen molar-refractivity contribution in [1.29, 1.82) is 0 Å². The molecule has 10 fully saturated rings. The van der Waals surface area contributed by atoms with Gasteiger partial charge in [-0.15, -0.1) is 0 Å². The zero-order valence-electron chi connectivity index (χ0n) is 33.0. The van der Waals surface area contributed by atoms with Crippen LogP contribution in [0.2, 0.25) is 0 Å². The highest BCUT2D eigenvalue weighted by molar-refractivity contribution is 8.00. The summed E-state index contributed by atoms with van der Waals surface area (Å²) in [5.74, 6) is 9.84. The van der Waals surface area contributed by atoms with Crippen LogP contribution in [0.25, 0.3) is 0 Å². The summed E-state index contributed by atoms with van der Waals surface area (Å²) >= 11 is 2.45. The van der Waals surface area contributed by atoms with Gasteiger partial charge in [-0.1, -0.05) is 96.3 Å². The van der Waals surface area contributed by atoms with Crippen molar-refractivity contribution in [2.45, 2.75) is 240 Å². The van der Waals surface area contributed by atoms with Crippen molar-refractivity contribution in [1.82, 2.24) is 4.90 Å². The Labute approximate surface area is 319 Å². The smallest absolute Gasteiger partial charge is 0.0652 e. The fraction of sp³-hybridized carbons (Fsp3) is 1.00. The standard InChI is InChI=1S/C48H79NOS/c1-3-11-32(12-4-1)34-21-25-37(26-22-34)49(39-16-9-15-36(31-39)33-13-5-2-6-14-33)38-27-23-35(24-28-38)40-18-10-19-41-42-29-30-45-46(48(42)50-47(40)41)43-17-7-8-20-44(43)51-45/h32-48H,1-31H2. The molecule has 0 aromatic carbocycles. The second-order valence-corrected chi connectivity index (χ2v) is 22.7. The van der Waals surface area contributed by atoms with E-state index in [1.165, 1.54) is 148 Å². The van der Waals surface area contributed by atoms with Crippen LogP contribution in [-0.4, -0.2) is 45.7 Å². The van der Waals surface area contributed by atoms with Crippen molar-refractivity contribution < 1.29 is 4.74 Å². The van der Waals surface area contributed by atoms with Crippen LogP contribution in [0.3, 0.4) is 0 Å². The molecule has 2 nitrogen and oxygen atoms in total. The van der Waals surface area contributed by atoms with Crippen LogP contribution in [-0.2, 0) is 4.74 Å². The van der Waals surface area contributed by atoms with Gasteiger partial charge in [-0.2, -0.15) is 11.8 Å². The van der Waals surface area contributed by atoms with Crippen LogP contribution in [0.1, 0.15) is 199 Å². The van der Waals surface area contributed by atoms with Crippen molar-refractivity contribution in [3.63, 3.8) is 0 Å². The molecule has 10 rings (SSSR count). The Hall–Kier alpha value is 0.270. The quantitative estimate of drug-likeness (QED) is 0.271. The largest absolute Gasteiger partial charge is 0.374 e. The van der Waals surface area contributed by atoms with E-state index in [4.69, 9.17) is 4.74 Å². The second-order valence-electron chi connectivity index (χ2n) is 21.3. The first-order valence-electron chi connectivity index (χ1n) is 24.4. The highest BCUT2D eigenvalue weighted by Crippen LogP contribution is 2.62. The van der Waals surface area contributed by atoms with Crippen molar-refractivity contribution in [3.8, 4) is 0 Å². The molecular formula is C48H79NOS. The molecule has 3 heteroatoms. The molecule has 0 aromatic rings. The summed E-state index contributed by atoms with van der Waals surface area (Å²) in [4.78, 5) is 3.35. The lowest BCUT2D eigenvalue weighted by molar-refractivity contribution is -0.0779. The van der Waals surface area contributed by atoms with Crippen LogP contribution in [0.15, 0.2) is 0 Å². The topological polar surface area (TPSA) is 12.5 Å². The Kier molecular flexibility index (Phi) is 11.2. The maximum Gasteiger partial charge on any atom is 0.0652 e. The van der Waals surface area contributed by atoms with Crippen molar-refractivity contribution >= 4 is 11.8 Å². The average Bonchev–Trinajstić information content (AvgIpc) is 3.78. The number of rotatable bonds is 6. The van der Waals surface area contributed by atoms with Gasteiger partial charge in [0.05, 0.1) is 12.2 Å². The molecule has 11 unspecified atom stereocenters. The first-order chi connectivity index (χ1) is 25.3. The molecule has 2 saturated heterocycles. The van der Waals surface area contributed by atoms with Crippen molar-refractivity contribution in [2.24, 2.45) is 59.2 Å². The summed E-state index contributed by atoms with van der Waals surface area (Å²) in [7, 11) is 0. The molecule has 0 bridgehead atoms. The molecule has 11 atom stereocenters. The summed E-state index contributed by atoms with van der Waals surface area (Å²) in [5.41, 5.74) is 0. The summed E-state index contributed by atoms with van der Waals surface area (Å²) in [5, 5.41) is 1.92. The van der Waals surface area contributed by atoms with E-state index in [9.17, 15) is 0 Å². The van der Waals surface area contributed by atoms with E-state index in [-0.39, 0.29) is 0 Å². The third kappa shape index (κ3) is 7.12. The number of hydrogen-bond donors (Lipinski definition) is 0. The highest BCUT2D eigenvalue weighted by Gasteiger charge is 2.60. The molecule has 0 radical (unpaired) electrons. The van der Waals surface area contributed by atoms with E-state index >= 15 is 0 Å². The normalized spacial score (nSPS) is 49.9. The van der Waals surface area contributed by atoms with Gasteiger partial charge in [0.1, 0.15) is 0 Å². The molecule has 0 spiro atoms. The zero-order valence-corrected chi connectivity index (χ0v) is 33.8. The first kappa shape index (κ1) is 35.7. The van der Waals surface area contributed by atoms with Gasteiger partial charge in [0.25, 0.3) is 0 Å². The number of nitrogens with zero attached hydrogens (tertiary/aromatic N) is 1. The van der Waals surface area contributed by atoms with E-state index in [1.807, 2.05) is 0 Å². The zero-order chi connectivity index (χ0) is 33.7. The minimum absolute atomic E-state index is 0.627. The monoisotopic (exact) mass is 718 g/mol. The average molecular weight is 718 g/mol. The number of thioether (sulfide) groups is 1. The predicted octanol–water partition coefficient (Wildman–Crippen LogP) is 13.0. The van der Waals surface area contributed by atoms with Gasteiger partial charge >= 0.3 is 0 Å². The summed E-state index contributed by atoms with van der Waals surface area (Å²) < 4.78 is 7.57. The number of fused-ring (bicyclic) bond motifs is 7. The summed E-state index contributed by atoms with van der Waals surface area (Å²) in [6.45, 7) is 0. The van der Waals surface area contributed by atoms with E-state index in [0.29, 0.717) is 12.2 Å². The van der Waals surface area contributed by atoms with Gasteiger partial charge in [0.2, 0.25) is 0 Å². The molecule has 288 valence electrons. The highest BCUT2D eigenvalue weighted by atomic mass is 32.2. The van der Waals surface area contributed by atoms with E-state index < -0.39 is 0 Å². The van der Waals surface area contributed by atoms with Crippen LogP contribution in [0.4, 0.5) is 0 Å². The molecule has 8 aliphatic carbocycles. The van der Waals surface area contributed by atoms with Crippen LogP contribution >= 0.6 is 11.8 Å². The molecule has 10 aliphatic rings. The van der Waals surface area contributed by atoms with Gasteiger partial charge in [-0.25, -0.2) is 0 Å². The SMILES string of the molecule is C1CCC(C2CCC(N(C3CCC(C4CCCC5C6CCC7SC8CCCCC8C7C6OC45)CC3)C3CCCC(C4CCCCC4)C3)CC2)CC1. The molecule has 51 heavy (non-hydrogen) atoms. The van der Waals surface area contributed by atoms with Crippen molar-refractivity contribution in [3.05, 3.63) is 0 Å². The van der Waals surface area contributed by atoms with Gasteiger partial charge in [-0.3, -0.25) is 4.90 Å². The summed E-state index contributed by atoms with van der Waals surface area (Å²) in [6.07, 6.45) is 48.7. The first-order valence-corrected chi connectivity index (χ1v) is 25.3.